The smallest absolute Gasteiger partial charge is 0.275 e. The van der Waals surface area contributed by atoms with E-state index in [1.54, 1.807) is 17.9 Å². The van der Waals surface area contributed by atoms with Crippen molar-refractivity contribution < 1.29 is 4.74 Å². The predicted molar refractivity (Wildman–Crippen MR) is 126 cm³/mol. The first kappa shape index (κ1) is 19.3. The molecule has 3 heterocycles. The van der Waals surface area contributed by atoms with Crippen molar-refractivity contribution in [2.75, 3.05) is 7.11 Å². The number of aryl methyl sites for hydroxylation is 1. The first-order valence-electron chi connectivity index (χ1n) is 9.90. The van der Waals surface area contributed by atoms with E-state index < -0.39 is 0 Å². The minimum atomic E-state index is -0.190. The quantitative estimate of drug-likeness (QED) is 0.419. The molecule has 0 fully saturated rings. The summed E-state index contributed by atoms with van der Waals surface area (Å²) in [5.74, 6) is 0.756. The summed E-state index contributed by atoms with van der Waals surface area (Å²) in [7, 11) is 3.46. The maximum absolute atomic E-state index is 13.7. The Labute approximate surface area is 182 Å². The lowest BCUT2D eigenvalue weighted by atomic mass is 10.1. The van der Waals surface area contributed by atoms with Crippen LogP contribution in [0, 0.1) is 0 Å². The van der Waals surface area contributed by atoms with E-state index >= 15 is 0 Å². The molecule has 0 atom stereocenters. The first-order chi connectivity index (χ1) is 15.1. The molecule has 5 nitrogen and oxygen atoms in total. The van der Waals surface area contributed by atoms with Gasteiger partial charge in [-0.25, -0.2) is 0 Å². The summed E-state index contributed by atoms with van der Waals surface area (Å²) in [5.41, 5.74) is 2.45. The number of aromatic nitrogens is 2. The molecule has 31 heavy (non-hydrogen) atoms. The number of ether oxygens (including phenoxy) is 1. The average molecular weight is 429 g/mol. The van der Waals surface area contributed by atoms with Crippen molar-refractivity contribution in [1.29, 1.82) is 0 Å². The second-order valence-electron chi connectivity index (χ2n) is 7.43. The molecule has 0 amide bonds. The molecule has 0 bridgehead atoms. The highest BCUT2D eigenvalue weighted by molar-refractivity contribution is 7.13. The number of fused-ring (bicyclic) bond motifs is 3. The van der Waals surface area contributed by atoms with Gasteiger partial charge in [0.1, 0.15) is 11.3 Å². The molecule has 5 rings (SSSR count). The zero-order valence-electron chi connectivity index (χ0n) is 17.2. The minimum Gasteiger partial charge on any atom is -0.497 e. The Hall–Kier alpha value is -3.64. The standard InChI is InChI=1S/C25H20N2O3S/c1-26-20-7-4-3-6-18(20)22-23(26)25(29)27(14-16-9-11-17(30-2)12-10-16)15-19(24(22)28)21-8-5-13-31-21/h3-13,15H,14H2,1-2H3. The second kappa shape index (κ2) is 7.56. The SMILES string of the molecule is COc1ccc(Cn2cc(-c3cccs3)c(=O)c3c4ccccc4n(C)c3c2=O)cc1. The molecule has 0 saturated carbocycles. The van der Waals surface area contributed by atoms with Crippen LogP contribution in [0.1, 0.15) is 5.56 Å². The normalized spacial score (nSPS) is 11.3. The zero-order valence-corrected chi connectivity index (χ0v) is 18.0. The van der Waals surface area contributed by atoms with Crippen molar-refractivity contribution in [3.05, 3.63) is 98.4 Å². The van der Waals surface area contributed by atoms with Gasteiger partial charge >= 0.3 is 0 Å². The van der Waals surface area contributed by atoms with Crippen LogP contribution in [0.5, 0.6) is 5.75 Å². The van der Waals surface area contributed by atoms with Crippen molar-refractivity contribution in [3.8, 4) is 16.2 Å². The third kappa shape index (κ3) is 3.16. The molecule has 154 valence electrons. The summed E-state index contributed by atoms with van der Waals surface area (Å²) in [4.78, 5) is 28.3. The highest BCUT2D eigenvalue weighted by atomic mass is 32.1. The zero-order chi connectivity index (χ0) is 21.5. The molecule has 2 aromatic carbocycles. The van der Waals surface area contributed by atoms with Crippen molar-refractivity contribution in [1.82, 2.24) is 9.13 Å². The van der Waals surface area contributed by atoms with Gasteiger partial charge in [0.2, 0.25) is 0 Å². The molecule has 5 aromatic rings. The summed E-state index contributed by atoms with van der Waals surface area (Å²) in [6.07, 6.45) is 1.70. The van der Waals surface area contributed by atoms with Crippen molar-refractivity contribution in [2.45, 2.75) is 6.54 Å². The molecule has 6 heteroatoms. The predicted octanol–water partition coefficient (Wildman–Crippen LogP) is 4.64. The number of benzene rings is 2. The van der Waals surface area contributed by atoms with E-state index in [1.807, 2.05) is 77.7 Å². The van der Waals surface area contributed by atoms with Gasteiger partial charge in [-0.1, -0.05) is 36.4 Å². The molecule has 0 aliphatic carbocycles. The Kier molecular flexibility index (Phi) is 4.71. The number of hydrogen-bond acceptors (Lipinski definition) is 4. The lowest BCUT2D eigenvalue weighted by Gasteiger charge is -2.06. The number of methoxy groups -OCH3 is 1. The lowest BCUT2D eigenvalue weighted by molar-refractivity contribution is 0.414. The topological polar surface area (TPSA) is 53.2 Å². The van der Waals surface area contributed by atoms with Gasteiger partial charge in [0.05, 0.1) is 24.6 Å². The van der Waals surface area contributed by atoms with E-state index in [9.17, 15) is 9.59 Å². The number of thiophene rings is 1. The molecule has 0 N–H and O–H groups in total. The fourth-order valence-electron chi connectivity index (χ4n) is 4.07. The van der Waals surface area contributed by atoms with E-state index in [-0.39, 0.29) is 11.0 Å². The number of nitrogens with zero attached hydrogens (tertiary/aromatic N) is 2. The van der Waals surface area contributed by atoms with Crippen LogP contribution in [-0.4, -0.2) is 16.2 Å². The number of hydrogen-bond donors (Lipinski definition) is 0. The van der Waals surface area contributed by atoms with E-state index in [1.165, 1.54) is 11.3 Å². The fraction of sp³-hybridized carbons (Fsp3) is 0.120. The van der Waals surface area contributed by atoms with Crippen LogP contribution >= 0.6 is 11.3 Å². The van der Waals surface area contributed by atoms with Crippen LogP contribution in [0.25, 0.3) is 32.2 Å². The molecular weight excluding hydrogens is 408 g/mol. The van der Waals surface area contributed by atoms with Gasteiger partial charge in [0.15, 0.2) is 5.43 Å². The Morgan fingerprint density at radius 2 is 1.74 bits per heavy atom. The lowest BCUT2D eigenvalue weighted by Crippen LogP contribution is -2.19. The maximum Gasteiger partial charge on any atom is 0.275 e. The van der Waals surface area contributed by atoms with Gasteiger partial charge in [-0.15, -0.1) is 11.3 Å². The monoisotopic (exact) mass is 428 g/mol. The van der Waals surface area contributed by atoms with Crippen molar-refractivity contribution in [2.24, 2.45) is 7.05 Å². The van der Waals surface area contributed by atoms with Crippen LogP contribution in [0.2, 0.25) is 0 Å². The van der Waals surface area contributed by atoms with Crippen LogP contribution in [0.3, 0.4) is 0 Å². The molecule has 3 aromatic heterocycles. The third-order valence-electron chi connectivity index (χ3n) is 5.63. The maximum atomic E-state index is 13.7. The van der Waals surface area contributed by atoms with E-state index in [0.29, 0.717) is 23.0 Å². The van der Waals surface area contributed by atoms with Gasteiger partial charge in [-0.05, 0) is 35.2 Å². The molecular formula is C25H20N2O3S. The van der Waals surface area contributed by atoms with Crippen molar-refractivity contribution in [3.63, 3.8) is 0 Å². The van der Waals surface area contributed by atoms with Gasteiger partial charge in [0.25, 0.3) is 5.56 Å². The molecule has 0 spiro atoms. The summed E-state index contributed by atoms with van der Waals surface area (Å²) >= 11 is 1.49. The molecule has 0 unspecified atom stereocenters. The molecule has 0 radical (unpaired) electrons. The number of rotatable bonds is 4. The van der Waals surface area contributed by atoms with E-state index in [0.717, 1.165) is 27.1 Å². The van der Waals surface area contributed by atoms with E-state index in [2.05, 4.69) is 0 Å². The summed E-state index contributed by atoms with van der Waals surface area (Å²) < 4.78 is 8.71. The summed E-state index contributed by atoms with van der Waals surface area (Å²) in [5, 5.41) is 3.21. The average Bonchev–Trinajstić information content (AvgIpc) is 3.40. The fourth-order valence-corrected chi connectivity index (χ4v) is 4.80. The van der Waals surface area contributed by atoms with Gasteiger partial charge in [-0.2, -0.15) is 0 Å². The van der Waals surface area contributed by atoms with E-state index in [4.69, 9.17) is 4.74 Å². The third-order valence-corrected chi connectivity index (χ3v) is 6.53. The van der Waals surface area contributed by atoms with Crippen LogP contribution in [0.4, 0.5) is 0 Å². The van der Waals surface area contributed by atoms with Gasteiger partial charge < -0.3 is 13.9 Å². The Balaban J connectivity index is 1.87. The Bertz CT molecular complexity index is 1530. The Morgan fingerprint density at radius 1 is 0.968 bits per heavy atom. The number of para-hydroxylation sites is 1. The van der Waals surface area contributed by atoms with Crippen molar-refractivity contribution >= 4 is 33.1 Å². The van der Waals surface area contributed by atoms with Crippen LogP contribution in [0.15, 0.2) is 81.8 Å². The van der Waals surface area contributed by atoms with Crippen LogP contribution < -0.4 is 15.7 Å². The molecule has 0 aliphatic heterocycles. The minimum absolute atomic E-state index is 0.125. The molecule has 0 aliphatic rings. The summed E-state index contributed by atoms with van der Waals surface area (Å²) in [6, 6.07) is 19.1. The van der Waals surface area contributed by atoms with Gasteiger partial charge in [0, 0.05) is 29.0 Å². The highest BCUT2D eigenvalue weighted by Gasteiger charge is 2.18. The highest BCUT2D eigenvalue weighted by Crippen LogP contribution is 2.27. The second-order valence-corrected chi connectivity index (χ2v) is 8.38. The Morgan fingerprint density at radius 3 is 2.45 bits per heavy atom. The first-order valence-corrected chi connectivity index (χ1v) is 10.8. The largest absolute Gasteiger partial charge is 0.497 e. The molecule has 0 saturated heterocycles. The summed E-state index contributed by atoms with van der Waals surface area (Å²) in [6.45, 7) is 0.353. The van der Waals surface area contributed by atoms with Crippen LogP contribution in [-0.2, 0) is 13.6 Å². The van der Waals surface area contributed by atoms with Gasteiger partial charge in [-0.3, -0.25) is 9.59 Å².